The third kappa shape index (κ3) is 4.51. The number of nitrogens with one attached hydrogen (secondary N) is 1. The van der Waals surface area contributed by atoms with Gasteiger partial charge in [-0.15, -0.1) is 0 Å². The first-order valence-corrected chi connectivity index (χ1v) is 7.00. The van der Waals surface area contributed by atoms with Crippen LogP contribution in [0.25, 0.3) is 0 Å². The standard InChI is InChI=1S/C13H24F2N2/c14-13(15)10-17-8-6-12(7-9-17)16-11-4-2-1-3-5-11/h11-13,16H,1-10H2. The largest absolute Gasteiger partial charge is 0.311 e. The quantitative estimate of drug-likeness (QED) is 0.820. The number of hydrogen-bond donors (Lipinski definition) is 1. The Morgan fingerprint density at radius 2 is 1.53 bits per heavy atom. The summed E-state index contributed by atoms with van der Waals surface area (Å²) in [6.07, 6.45) is 6.56. The highest BCUT2D eigenvalue weighted by molar-refractivity contribution is 4.82. The molecule has 1 heterocycles. The van der Waals surface area contributed by atoms with Gasteiger partial charge in [0, 0.05) is 12.1 Å². The Labute approximate surface area is 103 Å². The number of rotatable bonds is 4. The van der Waals surface area contributed by atoms with Gasteiger partial charge in [0.05, 0.1) is 6.54 Å². The highest BCUT2D eigenvalue weighted by atomic mass is 19.3. The van der Waals surface area contributed by atoms with Crippen molar-refractivity contribution in [1.29, 1.82) is 0 Å². The van der Waals surface area contributed by atoms with Crippen molar-refractivity contribution >= 4 is 0 Å². The predicted octanol–water partition coefficient (Wildman–Crippen LogP) is 2.64. The van der Waals surface area contributed by atoms with Crippen molar-refractivity contribution in [2.75, 3.05) is 19.6 Å². The summed E-state index contributed by atoms with van der Waals surface area (Å²) in [6.45, 7) is 1.61. The van der Waals surface area contributed by atoms with E-state index in [0.717, 1.165) is 25.9 Å². The first kappa shape index (κ1) is 13.2. The molecular weight excluding hydrogens is 222 g/mol. The summed E-state index contributed by atoms with van der Waals surface area (Å²) in [5, 5.41) is 3.72. The molecule has 0 amide bonds. The van der Waals surface area contributed by atoms with Crippen LogP contribution in [0.15, 0.2) is 0 Å². The SMILES string of the molecule is FC(F)CN1CCC(NC2CCCCC2)CC1. The number of halogens is 2. The van der Waals surface area contributed by atoms with Gasteiger partial charge >= 0.3 is 0 Å². The van der Waals surface area contributed by atoms with E-state index in [-0.39, 0.29) is 6.54 Å². The van der Waals surface area contributed by atoms with Crippen LogP contribution in [-0.2, 0) is 0 Å². The first-order valence-electron chi connectivity index (χ1n) is 7.00. The van der Waals surface area contributed by atoms with E-state index in [2.05, 4.69) is 5.32 Å². The molecule has 2 fully saturated rings. The summed E-state index contributed by atoms with van der Waals surface area (Å²) in [5.74, 6) is 0. The second-order valence-corrected chi connectivity index (χ2v) is 5.47. The average molecular weight is 246 g/mol. The summed E-state index contributed by atoms with van der Waals surface area (Å²) >= 11 is 0. The highest BCUT2D eigenvalue weighted by Crippen LogP contribution is 2.20. The molecule has 4 heteroatoms. The van der Waals surface area contributed by atoms with Gasteiger partial charge in [-0.2, -0.15) is 0 Å². The first-order chi connectivity index (χ1) is 8.24. The van der Waals surface area contributed by atoms with Crippen LogP contribution in [0.3, 0.4) is 0 Å². The topological polar surface area (TPSA) is 15.3 Å². The van der Waals surface area contributed by atoms with Gasteiger partial charge in [-0.25, -0.2) is 8.78 Å². The fourth-order valence-electron chi connectivity index (χ4n) is 3.08. The Morgan fingerprint density at radius 3 is 2.12 bits per heavy atom. The van der Waals surface area contributed by atoms with Gasteiger partial charge in [-0.3, -0.25) is 4.90 Å². The molecule has 0 bridgehead atoms. The van der Waals surface area contributed by atoms with Crippen LogP contribution in [0.2, 0.25) is 0 Å². The Kier molecular flexibility index (Phi) is 5.16. The van der Waals surface area contributed by atoms with Crippen molar-refractivity contribution in [3.8, 4) is 0 Å². The van der Waals surface area contributed by atoms with E-state index >= 15 is 0 Å². The van der Waals surface area contributed by atoms with Crippen molar-refractivity contribution in [3.05, 3.63) is 0 Å². The molecule has 1 saturated heterocycles. The van der Waals surface area contributed by atoms with Crippen molar-refractivity contribution < 1.29 is 8.78 Å². The lowest BCUT2D eigenvalue weighted by Crippen LogP contribution is -2.47. The van der Waals surface area contributed by atoms with Crippen LogP contribution in [-0.4, -0.2) is 43.0 Å². The zero-order chi connectivity index (χ0) is 12.1. The Bertz CT molecular complexity index is 209. The smallest absolute Gasteiger partial charge is 0.251 e. The Morgan fingerprint density at radius 1 is 0.941 bits per heavy atom. The molecule has 100 valence electrons. The minimum absolute atomic E-state index is 0.0455. The van der Waals surface area contributed by atoms with Crippen LogP contribution < -0.4 is 5.32 Å². The van der Waals surface area contributed by atoms with Crippen LogP contribution >= 0.6 is 0 Å². The molecule has 0 aromatic rings. The molecular formula is C13H24F2N2. The van der Waals surface area contributed by atoms with Crippen LogP contribution in [0.5, 0.6) is 0 Å². The number of alkyl halides is 2. The van der Waals surface area contributed by atoms with Crippen molar-refractivity contribution in [2.45, 2.75) is 63.5 Å². The number of piperidine rings is 1. The molecule has 0 aromatic heterocycles. The van der Waals surface area contributed by atoms with E-state index < -0.39 is 6.43 Å². The summed E-state index contributed by atoms with van der Waals surface area (Å²) in [6, 6.07) is 1.25. The molecule has 1 aliphatic carbocycles. The van der Waals surface area contributed by atoms with Crippen LogP contribution in [0.1, 0.15) is 44.9 Å². The molecule has 0 atom stereocenters. The maximum Gasteiger partial charge on any atom is 0.251 e. The van der Waals surface area contributed by atoms with Gasteiger partial charge < -0.3 is 5.32 Å². The fourth-order valence-corrected chi connectivity index (χ4v) is 3.08. The number of nitrogens with zero attached hydrogens (tertiary/aromatic N) is 1. The van der Waals surface area contributed by atoms with Crippen molar-refractivity contribution in [2.24, 2.45) is 0 Å². The summed E-state index contributed by atoms with van der Waals surface area (Å²) in [5.41, 5.74) is 0. The summed E-state index contributed by atoms with van der Waals surface area (Å²) < 4.78 is 24.5. The monoisotopic (exact) mass is 246 g/mol. The van der Waals surface area contributed by atoms with E-state index in [4.69, 9.17) is 0 Å². The predicted molar refractivity (Wildman–Crippen MR) is 65.5 cm³/mol. The second-order valence-electron chi connectivity index (χ2n) is 5.47. The molecule has 2 aliphatic rings. The van der Waals surface area contributed by atoms with E-state index in [0.29, 0.717) is 12.1 Å². The minimum atomic E-state index is -2.18. The van der Waals surface area contributed by atoms with Gasteiger partial charge in [-0.1, -0.05) is 19.3 Å². The molecule has 0 spiro atoms. The van der Waals surface area contributed by atoms with E-state index in [1.54, 1.807) is 0 Å². The lowest BCUT2D eigenvalue weighted by Gasteiger charge is -2.35. The average Bonchev–Trinajstić information content (AvgIpc) is 2.32. The Hall–Kier alpha value is -0.220. The van der Waals surface area contributed by atoms with E-state index in [1.165, 1.54) is 32.1 Å². The van der Waals surface area contributed by atoms with Crippen LogP contribution in [0.4, 0.5) is 8.78 Å². The molecule has 0 aromatic carbocycles. The second kappa shape index (κ2) is 6.64. The molecule has 1 saturated carbocycles. The lowest BCUT2D eigenvalue weighted by atomic mass is 9.93. The Balaban J connectivity index is 1.64. The zero-order valence-corrected chi connectivity index (χ0v) is 10.5. The highest BCUT2D eigenvalue weighted by Gasteiger charge is 2.23. The van der Waals surface area contributed by atoms with E-state index in [9.17, 15) is 8.78 Å². The third-order valence-electron chi connectivity index (χ3n) is 4.06. The van der Waals surface area contributed by atoms with Crippen molar-refractivity contribution in [3.63, 3.8) is 0 Å². The molecule has 2 nitrogen and oxygen atoms in total. The molecule has 2 rings (SSSR count). The normalized spacial score (nSPS) is 25.6. The van der Waals surface area contributed by atoms with Crippen molar-refractivity contribution in [1.82, 2.24) is 10.2 Å². The molecule has 1 N–H and O–H groups in total. The maximum atomic E-state index is 12.2. The van der Waals surface area contributed by atoms with Gasteiger partial charge in [0.1, 0.15) is 0 Å². The van der Waals surface area contributed by atoms with Gasteiger partial charge in [-0.05, 0) is 38.8 Å². The molecule has 0 unspecified atom stereocenters. The minimum Gasteiger partial charge on any atom is -0.311 e. The molecule has 0 radical (unpaired) electrons. The van der Waals surface area contributed by atoms with Gasteiger partial charge in [0.25, 0.3) is 6.43 Å². The summed E-state index contributed by atoms with van der Waals surface area (Å²) in [4.78, 5) is 1.89. The molecule has 17 heavy (non-hydrogen) atoms. The van der Waals surface area contributed by atoms with Gasteiger partial charge in [0.2, 0.25) is 0 Å². The van der Waals surface area contributed by atoms with E-state index in [1.807, 2.05) is 4.90 Å². The van der Waals surface area contributed by atoms with Gasteiger partial charge in [0.15, 0.2) is 0 Å². The number of hydrogen-bond acceptors (Lipinski definition) is 2. The third-order valence-corrected chi connectivity index (χ3v) is 4.06. The maximum absolute atomic E-state index is 12.2. The summed E-state index contributed by atoms with van der Waals surface area (Å²) in [7, 11) is 0. The zero-order valence-electron chi connectivity index (χ0n) is 10.5. The fraction of sp³-hybridized carbons (Fsp3) is 1.00. The number of likely N-dealkylation sites (tertiary alicyclic amines) is 1. The lowest BCUT2D eigenvalue weighted by molar-refractivity contribution is 0.0714. The molecule has 1 aliphatic heterocycles. The van der Waals surface area contributed by atoms with Crippen LogP contribution in [0, 0.1) is 0 Å².